The Bertz CT molecular complexity index is 1330. The number of halogens is 2. The van der Waals surface area contributed by atoms with E-state index in [-0.39, 0.29) is 18.3 Å². The molecule has 1 heterocycles. The van der Waals surface area contributed by atoms with Crippen molar-refractivity contribution in [2.75, 3.05) is 13.2 Å². The highest BCUT2D eigenvalue weighted by Crippen LogP contribution is 2.25. The Hall–Kier alpha value is -3.38. The fourth-order valence-corrected chi connectivity index (χ4v) is 4.43. The number of rotatable bonds is 11. The first-order valence-electron chi connectivity index (χ1n) is 12.3. The number of para-hydroxylation sites is 2. The molecule has 0 fully saturated rings. The zero-order chi connectivity index (χ0) is 25.5. The minimum absolute atomic E-state index is 0.00687. The fourth-order valence-electron chi connectivity index (χ4n) is 4.20. The summed E-state index contributed by atoms with van der Waals surface area (Å²) in [6.07, 6.45) is 3.45. The maximum absolute atomic E-state index is 14.5. The van der Waals surface area contributed by atoms with E-state index < -0.39 is 0 Å². The number of benzene rings is 3. The van der Waals surface area contributed by atoms with Crippen molar-refractivity contribution in [3.05, 3.63) is 94.0 Å². The van der Waals surface area contributed by atoms with Crippen LogP contribution in [0.5, 0.6) is 5.75 Å². The smallest absolute Gasteiger partial charge is 0.257 e. The van der Waals surface area contributed by atoms with Gasteiger partial charge in [-0.05, 0) is 68.1 Å². The number of nitrogens with zero attached hydrogens (tertiary/aromatic N) is 2. The van der Waals surface area contributed by atoms with Gasteiger partial charge in [0.1, 0.15) is 17.4 Å². The number of fused-ring (bicyclic) bond motifs is 1. The Morgan fingerprint density at radius 3 is 2.72 bits per heavy atom. The standard InChI is InChI=1S/C29H31ClFN3O2/c1-20-14-15-21(2)27(17-20)36-19-29(35)32-16-7-3-4-13-28-33-25-11-5-6-12-26(25)34(28)18-22-23(30)9-8-10-24(22)31/h5-6,8-12,14-15,17H,3-4,7,13,16,18-19H2,1-2H3,(H,32,35). The van der Waals surface area contributed by atoms with E-state index in [4.69, 9.17) is 21.3 Å². The van der Waals surface area contributed by atoms with E-state index in [9.17, 15) is 9.18 Å². The summed E-state index contributed by atoms with van der Waals surface area (Å²) in [5.41, 5.74) is 4.42. The first kappa shape index (κ1) is 25.7. The minimum atomic E-state index is -0.316. The van der Waals surface area contributed by atoms with Crippen LogP contribution in [0.15, 0.2) is 60.7 Å². The molecule has 0 unspecified atom stereocenters. The van der Waals surface area contributed by atoms with Crippen LogP contribution in [0.2, 0.25) is 5.02 Å². The summed E-state index contributed by atoms with van der Waals surface area (Å²) in [6, 6.07) is 18.6. The molecule has 4 aromatic rings. The molecule has 0 radical (unpaired) electrons. The summed E-state index contributed by atoms with van der Waals surface area (Å²) in [4.78, 5) is 16.9. The number of unbranched alkanes of at least 4 members (excludes halogenated alkanes) is 2. The van der Waals surface area contributed by atoms with Gasteiger partial charge in [0, 0.05) is 23.6 Å². The third kappa shape index (κ3) is 6.43. The zero-order valence-corrected chi connectivity index (χ0v) is 21.4. The third-order valence-electron chi connectivity index (χ3n) is 6.21. The highest BCUT2D eigenvalue weighted by atomic mass is 35.5. The molecule has 0 saturated heterocycles. The monoisotopic (exact) mass is 507 g/mol. The maximum Gasteiger partial charge on any atom is 0.257 e. The molecule has 36 heavy (non-hydrogen) atoms. The second-order valence-corrected chi connectivity index (χ2v) is 9.43. The summed E-state index contributed by atoms with van der Waals surface area (Å²) in [7, 11) is 0. The second-order valence-electron chi connectivity index (χ2n) is 9.02. The Morgan fingerprint density at radius 1 is 1.06 bits per heavy atom. The first-order valence-corrected chi connectivity index (χ1v) is 12.6. The summed E-state index contributed by atoms with van der Waals surface area (Å²) >= 11 is 6.29. The van der Waals surface area contributed by atoms with E-state index in [1.54, 1.807) is 12.1 Å². The summed E-state index contributed by atoms with van der Waals surface area (Å²) in [5, 5.41) is 3.34. The highest BCUT2D eigenvalue weighted by Gasteiger charge is 2.14. The van der Waals surface area contributed by atoms with Crippen LogP contribution >= 0.6 is 11.6 Å². The number of hydrogen-bond donors (Lipinski definition) is 1. The van der Waals surface area contributed by atoms with Crippen molar-refractivity contribution < 1.29 is 13.9 Å². The summed E-state index contributed by atoms with van der Waals surface area (Å²) in [5.74, 6) is 1.20. The van der Waals surface area contributed by atoms with Crippen molar-refractivity contribution in [1.82, 2.24) is 14.9 Å². The van der Waals surface area contributed by atoms with Gasteiger partial charge >= 0.3 is 0 Å². The molecule has 188 valence electrons. The molecular weight excluding hydrogens is 477 g/mol. The maximum atomic E-state index is 14.5. The molecule has 5 nitrogen and oxygen atoms in total. The van der Waals surface area contributed by atoms with Crippen LogP contribution in [0.3, 0.4) is 0 Å². The number of ether oxygens (including phenoxy) is 1. The van der Waals surface area contributed by atoms with Gasteiger partial charge < -0.3 is 14.6 Å². The van der Waals surface area contributed by atoms with Crippen LogP contribution in [-0.2, 0) is 17.8 Å². The van der Waals surface area contributed by atoms with Gasteiger partial charge in [-0.25, -0.2) is 9.37 Å². The molecular formula is C29H31ClFN3O2. The Morgan fingerprint density at radius 2 is 1.89 bits per heavy atom. The van der Waals surface area contributed by atoms with Gasteiger partial charge in [-0.15, -0.1) is 0 Å². The number of aryl methyl sites for hydroxylation is 3. The molecule has 0 aliphatic carbocycles. The molecule has 3 aromatic carbocycles. The van der Waals surface area contributed by atoms with Gasteiger partial charge in [0.2, 0.25) is 0 Å². The molecule has 1 amide bonds. The van der Waals surface area contributed by atoms with E-state index in [1.165, 1.54) is 6.07 Å². The van der Waals surface area contributed by atoms with Crippen LogP contribution in [0, 0.1) is 19.7 Å². The fraction of sp³-hybridized carbons (Fsp3) is 0.310. The van der Waals surface area contributed by atoms with Crippen LogP contribution in [-0.4, -0.2) is 28.6 Å². The number of hydrogen-bond acceptors (Lipinski definition) is 3. The average molecular weight is 508 g/mol. The van der Waals surface area contributed by atoms with Crippen molar-refractivity contribution in [3.8, 4) is 5.75 Å². The van der Waals surface area contributed by atoms with Gasteiger partial charge in [-0.2, -0.15) is 0 Å². The van der Waals surface area contributed by atoms with Gasteiger partial charge in [-0.3, -0.25) is 4.79 Å². The molecule has 0 spiro atoms. The number of imidazole rings is 1. The van der Waals surface area contributed by atoms with Crippen LogP contribution in [0.1, 0.15) is 41.8 Å². The Balaban J connectivity index is 1.27. The van der Waals surface area contributed by atoms with Crippen molar-refractivity contribution in [3.63, 3.8) is 0 Å². The van der Waals surface area contributed by atoms with Crippen molar-refractivity contribution in [2.24, 2.45) is 0 Å². The second kappa shape index (κ2) is 12.0. The first-order chi connectivity index (χ1) is 17.4. The lowest BCUT2D eigenvalue weighted by Gasteiger charge is -2.12. The van der Waals surface area contributed by atoms with E-state index in [0.717, 1.165) is 59.4 Å². The SMILES string of the molecule is Cc1ccc(C)c(OCC(=O)NCCCCCc2nc3ccccc3n2Cc2c(F)cccc2Cl)c1. The Kier molecular flexibility index (Phi) is 8.60. The molecule has 0 aliphatic heterocycles. The molecule has 1 N–H and O–H groups in total. The number of carbonyl (C=O) groups excluding carboxylic acids is 1. The predicted octanol–water partition coefficient (Wildman–Crippen LogP) is 6.40. The topological polar surface area (TPSA) is 56.1 Å². The molecule has 4 rings (SSSR count). The van der Waals surface area contributed by atoms with E-state index in [0.29, 0.717) is 23.7 Å². The molecule has 0 atom stereocenters. The quantitative estimate of drug-likeness (QED) is 0.239. The average Bonchev–Trinajstić information content (AvgIpc) is 3.21. The highest BCUT2D eigenvalue weighted by molar-refractivity contribution is 6.31. The zero-order valence-electron chi connectivity index (χ0n) is 20.7. The molecule has 0 saturated carbocycles. The minimum Gasteiger partial charge on any atom is -0.483 e. The van der Waals surface area contributed by atoms with E-state index >= 15 is 0 Å². The molecule has 0 aliphatic rings. The number of carbonyl (C=O) groups is 1. The lowest BCUT2D eigenvalue weighted by Crippen LogP contribution is -2.29. The Labute approximate surface area is 216 Å². The number of nitrogens with one attached hydrogen (secondary N) is 1. The van der Waals surface area contributed by atoms with Crippen molar-refractivity contribution in [1.29, 1.82) is 0 Å². The van der Waals surface area contributed by atoms with Crippen molar-refractivity contribution in [2.45, 2.75) is 46.1 Å². The normalized spacial score (nSPS) is 11.1. The molecule has 7 heteroatoms. The van der Waals surface area contributed by atoms with Crippen molar-refractivity contribution >= 4 is 28.5 Å². The number of amides is 1. The van der Waals surface area contributed by atoms with Crippen LogP contribution in [0.4, 0.5) is 4.39 Å². The number of aromatic nitrogens is 2. The molecule has 0 bridgehead atoms. The lowest BCUT2D eigenvalue weighted by atomic mass is 10.1. The summed E-state index contributed by atoms with van der Waals surface area (Å²) in [6.45, 7) is 4.89. The van der Waals surface area contributed by atoms with Crippen LogP contribution in [0.25, 0.3) is 11.0 Å². The largest absolute Gasteiger partial charge is 0.483 e. The van der Waals surface area contributed by atoms with Gasteiger partial charge in [0.05, 0.1) is 17.6 Å². The van der Waals surface area contributed by atoms with E-state index in [1.807, 2.05) is 60.9 Å². The van der Waals surface area contributed by atoms with Gasteiger partial charge in [0.25, 0.3) is 5.91 Å². The predicted molar refractivity (Wildman–Crippen MR) is 142 cm³/mol. The van der Waals surface area contributed by atoms with E-state index in [2.05, 4.69) is 5.32 Å². The molecule has 1 aromatic heterocycles. The van der Waals surface area contributed by atoms with Crippen LogP contribution < -0.4 is 10.1 Å². The van der Waals surface area contributed by atoms with Gasteiger partial charge in [-0.1, -0.05) is 48.4 Å². The summed E-state index contributed by atoms with van der Waals surface area (Å²) < 4.78 is 22.2. The van der Waals surface area contributed by atoms with Gasteiger partial charge in [0.15, 0.2) is 6.61 Å². The third-order valence-corrected chi connectivity index (χ3v) is 6.57. The lowest BCUT2D eigenvalue weighted by molar-refractivity contribution is -0.123.